The summed E-state index contributed by atoms with van der Waals surface area (Å²) in [6.45, 7) is 0. The van der Waals surface area contributed by atoms with Gasteiger partial charge in [0.2, 0.25) is 5.91 Å². The first-order valence-electron chi connectivity index (χ1n) is 6.82. The highest BCUT2D eigenvalue weighted by Crippen LogP contribution is 2.18. The normalized spacial score (nSPS) is 24.1. The zero-order valence-corrected chi connectivity index (χ0v) is 11.0. The molecule has 1 saturated carbocycles. The molecule has 2 rings (SSSR count). The van der Waals surface area contributed by atoms with E-state index in [1.807, 2.05) is 12.1 Å². The van der Waals surface area contributed by atoms with Crippen LogP contribution >= 0.6 is 0 Å². The van der Waals surface area contributed by atoms with Crippen molar-refractivity contribution in [2.45, 2.75) is 44.2 Å². The molecule has 0 aromatic carbocycles. The van der Waals surface area contributed by atoms with E-state index in [1.54, 1.807) is 18.5 Å². The van der Waals surface area contributed by atoms with E-state index >= 15 is 0 Å². The first-order chi connectivity index (χ1) is 9.25. The summed E-state index contributed by atoms with van der Waals surface area (Å²) in [5, 5.41) is 12.8. The number of hydrogen-bond acceptors (Lipinski definition) is 3. The van der Waals surface area contributed by atoms with Crippen LogP contribution in [0, 0.1) is 0 Å². The third-order valence-electron chi connectivity index (χ3n) is 3.42. The number of rotatable bonds is 3. The Bertz CT molecular complexity index is 431. The molecule has 1 aliphatic rings. The fourth-order valence-electron chi connectivity index (χ4n) is 2.33. The van der Waals surface area contributed by atoms with E-state index in [2.05, 4.69) is 10.3 Å². The van der Waals surface area contributed by atoms with Crippen LogP contribution < -0.4 is 5.32 Å². The first kappa shape index (κ1) is 13.7. The van der Waals surface area contributed by atoms with Crippen LogP contribution in [0.4, 0.5) is 0 Å². The molecule has 1 aromatic heterocycles. The quantitative estimate of drug-likeness (QED) is 0.644. The van der Waals surface area contributed by atoms with Crippen LogP contribution in [0.3, 0.4) is 0 Å². The summed E-state index contributed by atoms with van der Waals surface area (Å²) in [6, 6.07) is 3.60. The lowest BCUT2D eigenvalue weighted by atomic mass is 10.1. The van der Waals surface area contributed by atoms with Crippen molar-refractivity contribution >= 4 is 12.0 Å². The molecule has 1 fully saturated rings. The van der Waals surface area contributed by atoms with E-state index in [4.69, 9.17) is 0 Å². The highest BCUT2D eigenvalue weighted by atomic mass is 16.3. The maximum Gasteiger partial charge on any atom is 0.244 e. The summed E-state index contributed by atoms with van der Waals surface area (Å²) in [5.74, 6) is -0.158. The number of aromatic nitrogens is 1. The van der Waals surface area contributed by atoms with Crippen LogP contribution in [0.5, 0.6) is 0 Å². The van der Waals surface area contributed by atoms with Gasteiger partial charge in [0.15, 0.2) is 0 Å². The van der Waals surface area contributed by atoms with Crippen molar-refractivity contribution in [3.63, 3.8) is 0 Å². The number of hydrogen-bond donors (Lipinski definition) is 2. The van der Waals surface area contributed by atoms with E-state index in [-0.39, 0.29) is 11.9 Å². The number of amides is 1. The number of carbonyl (C=O) groups is 1. The van der Waals surface area contributed by atoms with Gasteiger partial charge in [-0.15, -0.1) is 0 Å². The van der Waals surface area contributed by atoms with E-state index < -0.39 is 6.10 Å². The molecule has 2 unspecified atom stereocenters. The highest BCUT2D eigenvalue weighted by molar-refractivity contribution is 5.91. The number of nitrogens with zero attached hydrogens (tertiary/aromatic N) is 1. The first-order valence-corrected chi connectivity index (χ1v) is 6.82. The van der Waals surface area contributed by atoms with E-state index in [9.17, 15) is 9.90 Å². The van der Waals surface area contributed by atoms with Crippen LogP contribution in [-0.2, 0) is 4.79 Å². The van der Waals surface area contributed by atoms with Crippen molar-refractivity contribution < 1.29 is 9.90 Å². The monoisotopic (exact) mass is 260 g/mol. The summed E-state index contributed by atoms with van der Waals surface area (Å²) in [4.78, 5) is 15.8. The Hall–Kier alpha value is -1.68. The molecule has 102 valence electrons. The Morgan fingerprint density at radius 2 is 2.21 bits per heavy atom. The van der Waals surface area contributed by atoms with Gasteiger partial charge < -0.3 is 10.4 Å². The summed E-state index contributed by atoms with van der Waals surface area (Å²) >= 11 is 0. The second kappa shape index (κ2) is 7.04. The van der Waals surface area contributed by atoms with Crippen molar-refractivity contribution in [3.05, 3.63) is 36.2 Å². The number of aliphatic hydroxyl groups excluding tert-OH is 1. The van der Waals surface area contributed by atoms with Crippen molar-refractivity contribution in [2.24, 2.45) is 0 Å². The molecule has 0 radical (unpaired) electrons. The molecule has 4 nitrogen and oxygen atoms in total. The number of aliphatic hydroxyl groups is 1. The van der Waals surface area contributed by atoms with E-state index in [1.165, 1.54) is 6.08 Å². The lowest BCUT2D eigenvalue weighted by molar-refractivity contribution is -0.118. The Balaban J connectivity index is 1.88. The molecule has 0 bridgehead atoms. The van der Waals surface area contributed by atoms with Crippen LogP contribution in [0.2, 0.25) is 0 Å². The second-order valence-corrected chi connectivity index (χ2v) is 4.94. The van der Waals surface area contributed by atoms with Crippen molar-refractivity contribution in [3.8, 4) is 0 Å². The van der Waals surface area contributed by atoms with Crippen molar-refractivity contribution in [2.75, 3.05) is 0 Å². The van der Waals surface area contributed by atoms with E-state index in [0.29, 0.717) is 0 Å². The van der Waals surface area contributed by atoms with Crippen LogP contribution in [-0.4, -0.2) is 28.1 Å². The van der Waals surface area contributed by atoms with Gasteiger partial charge in [0.1, 0.15) is 0 Å². The molecule has 1 heterocycles. The lowest BCUT2D eigenvalue weighted by Crippen LogP contribution is -2.41. The predicted octanol–water partition coefficient (Wildman–Crippen LogP) is 1.90. The van der Waals surface area contributed by atoms with Gasteiger partial charge >= 0.3 is 0 Å². The third kappa shape index (κ3) is 4.48. The van der Waals surface area contributed by atoms with Crippen LogP contribution in [0.15, 0.2) is 30.6 Å². The molecule has 1 aliphatic carbocycles. The maximum absolute atomic E-state index is 11.8. The zero-order valence-electron chi connectivity index (χ0n) is 11.0. The van der Waals surface area contributed by atoms with Gasteiger partial charge in [-0.3, -0.25) is 9.78 Å². The zero-order chi connectivity index (χ0) is 13.5. The summed E-state index contributed by atoms with van der Waals surface area (Å²) in [7, 11) is 0. The second-order valence-electron chi connectivity index (χ2n) is 4.94. The van der Waals surface area contributed by atoms with Gasteiger partial charge in [-0.1, -0.05) is 25.3 Å². The summed E-state index contributed by atoms with van der Waals surface area (Å²) in [6.07, 6.45) is 11.1. The minimum Gasteiger partial charge on any atom is -0.391 e. The fraction of sp³-hybridized carbons (Fsp3) is 0.467. The van der Waals surface area contributed by atoms with Gasteiger partial charge in [0.25, 0.3) is 0 Å². The molecular weight excluding hydrogens is 240 g/mol. The Morgan fingerprint density at radius 1 is 1.37 bits per heavy atom. The van der Waals surface area contributed by atoms with Gasteiger partial charge in [-0.2, -0.15) is 0 Å². The Kier molecular flexibility index (Phi) is 5.10. The van der Waals surface area contributed by atoms with Gasteiger partial charge in [0.05, 0.1) is 12.1 Å². The minimum absolute atomic E-state index is 0.117. The molecule has 2 N–H and O–H groups in total. The molecule has 0 saturated heterocycles. The molecule has 19 heavy (non-hydrogen) atoms. The van der Waals surface area contributed by atoms with Crippen LogP contribution in [0.25, 0.3) is 6.08 Å². The number of pyridine rings is 1. The van der Waals surface area contributed by atoms with E-state index in [0.717, 1.165) is 37.7 Å². The van der Waals surface area contributed by atoms with Crippen molar-refractivity contribution in [1.29, 1.82) is 0 Å². The average Bonchev–Trinajstić information content (AvgIpc) is 2.63. The third-order valence-corrected chi connectivity index (χ3v) is 3.42. The smallest absolute Gasteiger partial charge is 0.244 e. The predicted molar refractivity (Wildman–Crippen MR) is 74.3 cm³/mol. The molecule has 1 aromatic rings. The summed E-state index contributed by atoms with van der Waals surface area (Å²) < 4.78 is 0. The fourth-order valence-corrected chi connectivity index (χ4v) is 2.33. The average molecular weight is 260 g/mol. The lowest BCUT2D eigenvalue weighted by Gasteiger charge is -2.20. The Morgan fingerprint density at radius 3 is 3.00 bits per heavy atom. The summed E-state index contributed by atoms with van der Waals surface area (Å²) in [5.41, 5.74) is 0.888. The van der Waals surface area contributed by atoms with Gasteiger partial charge in [-0.05, 0) is 30.5 Å². The Labute approximate surface area is 113 Å². The molecule has 2 atom stereocenters. The number of carbonyl (C=O) groups excluding carboxylic acids is 1. The largest absolute Gasteiger partial charge is 0.391 e. The molecule has 0 aliphatic heterocycles. The number of nitrogens with one attached hydrogen (secondary N) is 1. The SMILES string of the molecule is O=C(/C=C/c1cccnc1)NC1CCCCCC1O. The topological polar surface area (TPSA) is 62.2 Å². The molecular formula is C15H20N2O2. The van der Waals surface area contributed by atoms with Gasteiger partial charge in [0, 0.05) is 18.5 Å². The molecule has 0 spiro atoms. The van der Waals surface area contributed by atoms with Crippen molar-refractivity contribution in [1.82, 2.24) is 10.3 Å². The molecule has 1 amide bonds. The van der Waals surface area contributed by atoms with Gasteiger partial charge in [-0.25, -0.2) is 0 Å². The molecule has 4 heteroatoms. The maximum atomic E-state index is 11.8. The standard InChI is InChI=1S/C15H20N2O2/c18-14-7-3-1-2-6-13(14)17-15(19)9-8-12-5-4-10-16-11-12/h4-5,8-11,13-14,18H,1-3,6-7H2,(H,17,19)/b9-8+. The highest BCUT2D eigenvalue weighted by Gasteiger charge is 2.22. The van der Waals surface area contributed by atoms with Crippen LogP contribution in [0.1, 0.15) is 37.7 Å². The minimum atomic E-state index is -0.418.